The lowest BCUT2D eigenvalue weighted by Crippen LogP contribution is -2.56. The molecule has 0 bridgehead atoms. The first kappa shape index (κ1) is 16.2. The second kappa shape index (κ2) is 6.20. The molecule has 3 heterocycles. The second-order valence-electron chi connectivity index (χ2n) is 6.71. The Kier molecular flexibility index (Phi) is 4.01. The van der Waals surface area contributed by atoms with Gasteiger partial charge in [-0.3, -0.25) is 14.9 Å². The van der Waals surface area contributed by atoms with Gasteiger partial charge >= 0.3 is 0 Å². The number of carbonyl (C=O) groups excluding carboxylic acids is 2. The zero-order valence-corrected chi connectivity index (χ0v) is 14.2. The molecule has 3 N–H and O–H groups in total. The van der Waals surface area contributed by atoms with E-state index >= 15 is 0 Å². The summed E-state index contributed by atoms with van der Waals surface area (Å²) < 4.78 is 0. The van der Waals surface area contributed by atoms with Crippen LogP contribution in [0.25, 0.3) is 0 Å². The van der Waals surface area contributed by atoms with Crippen molar-refractivity contribution in [2.24, 2.45) is 0 Å². The number of aliphatic hydroxyl groups is 1. The highest BCUT2D eigenvalue weighted by Gasteiger charge is 2.43. The van der Waals surface area contributed by atoms with Crippen molar-refractivity contribution in [2.45, 2.75) is 25.2 Å². The number of hydrogen-bond acceptors (Lipinski definition) is 7. The number of para-hydroxylation sites is 1. The number of nitrogens with one attached hydrogen (secondary N) is 2. The summed E-state index contributed by atoms with van der Waals surface area (Å²) in [5.74, 6) is -0.595. The molecule has 2 fully saturated rings. The fourth-order valence-corrected chi connectivity index (χ4v) is 3.95. The van der Waals surface area contributed by atoms with Crippen LogP contribution in [0.15, 0.2) is 18.2 Å². The molecule has 0 aromatic heterocycles. The van der Waals surface area contributed by atoms with Gasteiger partial charge in [0.15, 0.2) is 0 Å². The van der Waals surface area contributed by atoms with Gasteiger partial charge in [0, 0.05) is 39.6 Å². The Labute approximate surface area is 146 Å². The zero-order valence-electron chi connectivity index (χ0n) is 14.2. The number of amides is 2. The van der Waals surface area contributed by atoms with Crippen molar-refractivity contribution in [2.75, 3.05) is 47.9 Å². The molecule has 3 aliphatic heterocycles. The monoisotopic (exact) mass is 345 g/mol. The molecule has 2 amide bonds. The molecular weight excluding hydrogens is 322 g/mol. The summed E-state index contributed by atoms with van der Waals surface area (Å²) in [4.78, 5) is 29.6. The number of imide groups is 1. The van der Waals surface area contributed by atoms with E-state index < -0.39 is 12.4 Å². The molecule has 1 aromatic carbocycles. The topological polar surface area (TPSA) is 88.2 Å². The summed E-state index contributed by atoms with van der Waals surface area (Å²) in [6.45, 7) is 3.65. The van der Waals surface area contributed by atoms with E-state index in [4.69, 9.17) is 0 Å². The van der Waals surface area contributed by atoms with Gasteiger partial charge in [-0.25, -0.2) is 0 Å². The van der Waals surface area contributed by atoms with Gasteiger partial charge in [0.05, 0.1) is 17.1 Å². The third-order valence-electron chi connectivity index (χ3n) is 5.22. The third-order valence-corrected chi connectivity index (χ3v) is 5.22. The predicted octanol–water partition coefficient (Wildman–Crippen LogP) is -0.566. The first-order valence-corrected chi connectivity index (χ1v) is 8.69. The molecule has 2 saturated heterocycles. The van der Waals surface area contributed by atoms with E-state index in [-0.39, 0.29) is 18.2 Å². The van der Waals surface area contributed by atoms with Gasteiger partial charge in [-0.2, -0.15) is 0 Å². The molecule has 134 valence electrons. The Morgan fingerprint density at radius 3 is 2.60 bits per heavy atom. The average Bonchev–Trinajstić information content (AvgIpc) is 2.87. The van der Waals surface area contributed by atoms with Crippen LogP contribution in [0.4, 0.5) is 17.1 Å². The van der Waals surface area contributed by atoms with Crippen molar-refractivity contribution >= 4 is 28.9 Å². The maximum Gasteiger partial charge on any atom is 0.249 e. The smallest absolute Gasteiger partial charge is 0.249 e. The minimum absolute atomic E-state index is 0.252. The third kappa shape index (κ3) is 2.61. The molecule has 4 rings (SSSR count). The molecule has 0 saturated carbocycles. The molecule has 1 aromatic rings. The van der Waals surface area contributed by atoms with Crippen molar-refractivity contribution in [3.63, 3.8) is 0 Å². The van der Waals surface area contributed by atoms with Gasteiger partial charge < -0.3 is 25.1 Å². The normalized spacial score (nSPS) is 26.7. The van der Waals surface area contributed by atoms with Crippen molar-refractivity contribution < 1.29 is 14.7 Å². The number of rotatable bonds is 2. The van der Waals surface area contributed by atoms with Gasteiger partial charge in [0.1, 0.15) is 6.04 Å². The van der Waals surface area contributed by atoms with Crippen LogP contribution in [0.1, 0.15) is 12.8 Å². The number of fused-ring (bicyclic) bond motifs is 1. The Morgan fingerprint density at radius 1 is 1.16 bits per heavy atom. The highest BCUT2D eigenvalue weighted by Crippen LogP contribution is 2.46. The van der Waals surface area contributed by atoms with Crippen molar-refractivity contribution in [3.05, 3.63) is 18.2 Å². The summed E-state index contributed by atoms with van der Waals surface area (Å²) in [5, 5.41) is 16.5. The van der Waals surface area contributed by atoms with Crippen LogP contribution in [0.2, 0.25) is 0 Å². The average molecular weight is 345 g/mol. The van der Waals surface area contributed by atoms with Gasteiger partial charge in [0.2, 0.25) is 18.2 Å². The molecule has 3 aliphatic rings. The predicted molar refractivity (Wildman–Crippen MR) is 94.6 cm³/mol. The molecule has 25 heavy (non-hydrogen) atoms. The van der Waals surface area contributed by atoms with E-state index in [1.165, 1.54) is 0 Å². The first-order chi connectivity index (χ1) is 12.1. The largest absolute Gasteiger partial charge is 0.367 e. The number of anilines is 3. The van der Waals surface area contributed by atoms with Gasteiger partial charge in [-0.1, -0.05) is 6.07 Å². The van der Waals surface area contributed by atoms with Crippen molar-refractivity contribution in [1.29, 1.82) is 0 Å². The number of nitrogens with zero attached hydrogens (tertiary/aromatic N) is 3. The number of aliphatic hydroxyl groups excluding tert-OH is 1. The molecule has 2 unspecified atom stereocenters. The van der Waals surface area contributed by atoms with Crippen LogP contribution >= 0.6 is 0 Å². The molecule has 0 spiro atoms. The summed E-state index contributed by atoms with van der Waals surface area (Å²) in [7, 11) is 1.83. The second-order valence-corrected chi connectivity index (χ2v) is 6.71. The van der Waals surface area contributed by atoms with E-state index in [9.17, 15) is 14.7 Å². The van der Waals surface area contributed by atoms with Crippen LogP contribution in [0.3, 0.4) is 0 Å². The number of hydrogen-bond donors (Lipinski definition) is 3. The number of benzene rings is 1. The van der Waals surface area contributed by atoms with E-state index in [2.05, 4.69) is 21.6 Å². The molecule has 8 heteroatoms. The van der Waals surface area contributed by atoms with Gasteiger partial charge in [0.25, 0.3) is 0 Å². The maximum absolute atomic E-state index is 12.3. The molecule has 0 radical (unpaired) electrons. The summed E-state index contributed by atoms with van der Waals surface area (Å²) in [6, 6.07) is 5.40. The van der Waals surface area contributed by atoms with E-state index in [0.717, 1.165) is 43.2 Å². The molecule has 2 atom stereocenters. The molecular formula is C17H23N5O3. The minimum Gasteiger partial charge on any atom is -0.367 e. The van der Waals surface area contributed by atoms with Crippen LogP contribution in [-0.2, 0) is 9.59 Å². The van der Waals surface area contributed by atoms with Crippen molar-refractivity contribution in [3.8, 4) is 0 Å². The fraction of sp³-hybridized carbons (Fsp3) is 0.529. The first-order valence-electron chi connectivity index (χ1n) is 8.69. The number of carbonyl (C=O) groups is 2. The van der Waals surface area contributed by atoms with Gasteiger partial charge in [-0.15, -0.1) is 0 Å². The summed E-state index contributed by atoms with van der Waals surface area (Å²) >= 11 is 0. The van der Waals surface area contributed by atoms with E-state index in [0.29, 0.717) is 6.42 Å². The number of piperazine rings is 1. The number of piperidine rings is 1. The molecule has 8 nitrogen and oxygen atoms in total. The van der Waals surface area contributed by atoms with Crippen LogP contribution in [0.5, 0.6) is 0 Å². The summed E-state index contributed by atoms with van der Waals surface area (Å²) in [6.07, 6.45) is -0.230. The fourth-order valence-electron chi connectivity index (χ4n) is 3.95. The standard InChI is InChI=1S/C17H23N5O3/c1-20-15-11(21-9-7-18-8-10-21)3-2-4-12(15)22(17(20)25)13-5-6-14(23)19-16(13)24/h2-4,13,17-18,25H,5-10H2,1H3,(H,19,23,24). The Morgan fingerprint density at radius 2 is 1.88 bits per heavy atom. The van der Waals surface area contributed by atoms with E-state index in [1.807, 2.05) is 19.2 Å². The Balaban J connectivity index is 1.71. The highest BCUT2D eigenvalue weighted by atomic mass is 16.3. The SMILES string of the molecule is CN1c2c(N3CCNCC3)cccc2N(C2CCC(=O)NC2=O)C1O. The van der Waals surface area contributed by atoms with Gasteiger partial charge in [-0.05, 0) is 18.6 Å². The Bertz CT molecular complexity index is 704. The molecule has 0 aliphatic carbocycles. The zero-order chi connectivity index (χ0) is 17.6. The quantitative estimate of drug-likeness (QED) is 0.619. The Hall–Kier alpha value is -2.32. The maximum atomic E-state index is 12.3. The lowest BCUT2D eigenvalue weighted by molar-refractivity contribution is -0.134. The van der Waals surface area contributed by atoms with Crippen molar-refractivity contribution in [1.82, 2.24) is 10.6 Å². The minimum atomic E-state index is -0.928. The van der Waals surface area contributed by atoms with Crippen LogP contribution in [0, 0.1) is 0 Å². The highest BCUT2D eigenvalue weighted by molar-refractivity contribution is 6.03. The van der Waals surface area contributed by atoms with Crippen LogP contribution < -0.4 is 25.3 Å². The lowest BCUT2D eigenvalue weighted by atomic mass is 10.0. The lowest BCUT2D eigenvalue weighted by Gasteiger charge is -2.34. The summed E-state index contributed by atoms with van der Waals surface area (Å²) in [5.41, 5.74) is 2.83. The van der Waals surface area contributed by atoms with Crippen LogP contribution in [-0.4, -0.2) is 62.5 Å². The van der Waals surface area contributed by atoms with E-state index in [1.54, 1.807) is 9.80 Å².